The number of aromatic nitrogens is 1. The Morgan fingerprint density at radius 2 is 1.96 bits per heavy atom. The number of hydrogen-bond acceptors (Lipinski definition) is 3. The summed E-state index contributed by atoms with van der Waals surface area (Å²) in [7, 11) is 0. The third kappa shape index (κ3) is 3.55. The second-order valence-corrected chi connectivity index (χ2v) is 7.72. The maximum absolute atomic E-state index is 12.9. The molecule has 4 heterocycles. The van der Waals surface area contributed by atoms with Gasteiger partial charge in [-0.05, 0) is 30.4 Å². The minimum atomic E-state index is -0.378. The van der Waals surface area contributed by atoms with E-state index in [-0.39, 0.29) is 17.0 Å². The van der Waals surface area contributed by atoms with Gasteiger partial charge in [0.15, 0.2) is 0 Å². The number of rotatable bonds is 3. The first-order chi connectivity index (χ1) is 12.6. The zero-order chi connectivity index (χ0) is 18.1. The summed E-state index contributed by atoms with van der Waals surface area (Å²) >= 11 is 5.97. The normalized spacial score (nSPS) is 23.0. The monoisotopic (exact) mass is 371 g/mol. The van der Waals surface area contributed by atoms with Crippen molar-refractivity contribution >= 4 is 17.5 Å². The lowest BCUT2D eigenvalue weighted by Gasteiger charge is -2.36. The fourth-order valence-electron chi connectivity index (χ4n) is 4.14. The highest BCUT2D eigenvalue weighted by atomic mass is 35.5. The van der Waals surface area contributed by atoms with Crippen LogP contribution in [0.3, 0.4) is 0 Å². The Bertz CT molecular complexity index is 852. The Kier molecular flexibility index (Phi) is 4.83. The van der Waals surface area contributed by atoms with Crippen molar-refractivity contribution in [3.8, 4) is 0 Å². The minimum Gasteiger partial charge on any atom is -0.337 e. The molecule has 5 rings (SSSR count). The molecule has 3 aliphatic heterocycles. The van der Waals surface area contributed by atoms with Gasteiger partial charge < -0.3 is 9.88 Å². The number of carbonyl (C=O) groups excluding carboxylic acids is 1. The predicted octanol–water partition coefficient (Wildman–Crippen LogP) is 2.76. The van der Waals surface area contributed by atoms with Crippen LogP contribution in [-0.4, -0.2) is 46.4 Å². The average Bonchev–Trinajstić information content (AvgIpc) is 2.96. The van der Waals surface area contributed by atoms with E-state index in [9.17, 15) is 9.59 Å². The number of amides is 1. The molecule has 1 N–H and O–H groups in total. The predicted molar refractivity (Wildman–Crippen MR) is 101 cm³/mol. The van der Waals surface area contributed by atoms with Gasteiger partial charge in [-0.15, -0.1) is 0 Å². The molecule has 1 amide bonds. The number of H-pyrrole nitrogens is 1. The molecule has 0 radical (unpaired) electrons. The quantitative estimate of drug-likeness (QED) is 0.902. The number of nitrogens with one attached hydrogen (secondary N) is 1. The van der Waals surface area contributed by atoms with Crippen molar-refractivity contribution in [1.82, 2.24) is 14.8 Å². The van der Waals surface area contributed by atoms with Crippen molar-refractivity contribution in [3.63, 3.8) is 0 Å². The van der Waals surface area contributed by atoms with Crippen LogP contribution in [0.5, 0.6) is 0 Å². The molecule has 2 atom stereocenters. The molecule has 3 aliphatic rings. The second kappa shape index (κ2) is 7.25. The van der Waals surface area contributed by atoms with Crippen molar-refractivity contribution in [1.29, 1.82) is 0 Å². The van der Waals surface area contributed by atoms with Crippen LogP contribution in [0.1, 0.15) is 28.8 Å². The van der Waals surface area contributed by atoms with Crippen LogP contribution >= 0.6 is 11.6 Å². The summed E-state index contributed by atoms with van der Waals surface area (Å²) in [4.78, 5) is 31.9. The number of fused-ring (bicyclic) bond motifs is 4. The van der Waals surface area contributed by atoms with Crippen molar-refractivity contribution in [2.24, 2.45) is 5.92 Å². The lowest BCUT2D eigenvalue weighted by molar-refractivity contribution is 0.0734. The Balaban J connectivity index is 1.53. The van der Waals surface area contributed by atoms with Crippen LogP contribution < -0.4 is 5.56 Å². The Labute approximate surface area is 157 Å². The van der Waals surface area contributed by atoms with Crippen LogP contribution in [0.4, 0.5) is 0 Å². The number of piperidine rings is 1. The van der Waals surface area contributed by atoms with E-state index in [2.05, 4.69) is 34.1 Å². The first-order valence-corrected chi connectivity index (χ1v) is 9.43. The molecule has 1 aromatic carbocycles. The number of pyridine rings is 1. The minimum absolute atomic E-state index is 0.133. The molecule has 26 heavy (non-hydrogen) atoms. The van der Waals surface area contributed by atoms with E-state index in [1.807, 2.05) is 11.0 Å². The topological polar surface area (TPSA) is 56.4 Å². The molecule has 2 bridgehead atoms. The Hall–Kier alpha value is -2.11. The van der Waals surface area contributed by atoms with E-state index < -0.39 is 0 Å². The highest BCUT2D eigenvalue weighted by Crippen LogP contribution is 2.29. The number of carbonyl (C=O) groups is 1. The van der Waals surface area contributed by atoms with Gasteiger partial charge in [-0.3, -0.25) is 14.5 Å². The molecule has 2 aromatic rings. The summed E-state index contributed by atoms with van der Waals surface area (Å²) in [6.07, 6.45) is 3.63. The largest absolute Gasteiger partial charge is 0.337 e. The Morgan fingerprint density at radius 3 is 2.77 bits per heavy atom. The molecule has 136 valence electrons. The van der Waals surface area contributed by atoms with E-state index in [0.717, 1.165) is 25.9 Å². The number of nitrogens with zero attached hydrogens (tertiary/aromatic N) is 2. The summed E-state index contributed by atoms with van der Waals surface area (Å²) in [5.74, 6) is 0.229. The lowest BCUT2D eigenvalue weighted by Crippen LogP contribution is -2.44. The van der Waals surface area contributed by atoms with E-state index in [0.29, 0.717) is 30.1 Å². The lowest BCUT2D eigenvalue weighted by atomic mass is 9.94. The zero-order valence-electron chi connectivity index (χ0n) is 14.5. The standard InChI is InChI=1S/C20H22ClN3O2/c21-16-8-18(19(25)22-9-16)20(26)24-12-15-6-7-17(13-24)23(11-15)10-14-4-2-1-3-5-14/h1-5,8-9,15,17H,6-7,10-13H2,(H,22,25)/t15-,17-/m1/s1. The van der Waals surface area contributed by atoms with Crippen LogP contribution in [-0.2, 0) is 6.54 Å². The molecular weight excluding hydrogens is 350 g/mol. The molecule has 6 heteroatoms. The Morgan fingerprint density at radius 1 is 1.15 bits per heavy atom. The van der Waals surface area contributed by atoms with E-state index in [1.165, 1.54) is 17.8 Å². The molecular formula is C20H22ClN3O2. The fourth-order valence-corrected chi connectivity index (χ4v) is 4.31. The first kappa shape index (κ1) is 17.3. The van der Waals surface area contributed by atoms with Crippen LogP contribution in [0.25, 0.3) is 0 Å². The SMILES string of the molecule is O=C(c1cc(Cl)c[nH]c1=O)N1C[C@@H]2CC[C@H](C1)N(Cc1ccccc1)C2. The zero-order valence-corrected chi connectivity index (χ0v) is 15.3. The highest BCUT2D eigenvalue weighted by Gasteiger charge is 2.37. The summed E-state index contributed by atoms with van der Waals surface area (Å²) in [6.45, 7) is 3.26. The molecule has 0 saturated carbocycles. The average molecular weight is 372 g/mol. The van der Waals surface area contributed by atoms with Gasteiger partial charge in [0, 0.05) is 38.4 Å². The summed E-state index contributed by atoms with van der Waals surface area (Å²) in [5, 5.41) is 0.372. The van der Waals surface area contributed by atoms with Crippen molar-refractivity contribution in [3.05, 3.63) is 69.1 Å². The third-order valence-electron chi connectivity index (χ3n) is 5.44. The van der Waals surface area contributed by atoms with Gasteiger partial charge in [-0.2, -0.15) is 0 Å². The van der Waals surface area contributed by atoms with Gasteiger partial charge in [0.05, 0.1) is 5.02 Å². The molecule has 0 unspecified atom stereocenters. The molecule has 0 spiro atoms. The van der Waals surface area contributed by atoms with E-state index in [1.54, 1.807) is 0 Å². The van der Waals surface area contributed by atoms with Gasteiger partial charge in [-0.1, -0.05) is 41.9 Å². The first-order valence-electron chi connectivity index (χ1n) is 9.05. The van der Waals surface area contributed by atoms with Gasteiger partial charge in [-0.25, -0.2) is 0 Å². The van der Waals surface area contributed by atoms with Gasteiger partial charge in [0.1, 0.15) is 5.56 Å². The number of halogens is 1. The van der Waals surface area contributed by atoms with E-state index in [4.69, 9.17) is 11.6 Å². The molecule has 0 aliphatic carbocycles. The van der Waals surface area contributed by atoms with Crippen LogP contribution in [0, 0.1) is 5.92 Å². The molecule has 3 saturated heterocycles. The van der Waals surface area contributed by atoms with Crippen LogP contribution in [0.2, 0.25) is 5.02 Å². The molecule has 5 nitrogen and oxygen atoms in total. The molecule has 3 fully saturated rings. The van der Waals surface area contributed by atoms with Crippen molar-refractivity contribution in [2.75, 3.05) is 19.6 Å². The third-order valence-corrected chi connectivity index (χ3v) is 5.66. The summed E-state index contributed by atoms with van der Waals surface area (Å²) in [6, 6.07) is 12.2. The number of aromatic amines is 1. The smallest absolute Gasteiger partial charge is 0.260 e. The van der Waals surface area contributed by atoms with Crippen LogP contribution in [0.15, 0.2) is 47.4 Å². The number of benzene rings is 1. The van der Waals surface area contributed by atoms with Crippen molar-refractivity contribution < 1.29 is 4.79 Å². The summed E-state index contributed by atoms with van der Waals surface area (Å²) < 4.78 is 0. The summed E-state index contributed by atoms with van der Waals surface area (Å²) in [5.41, 5.74) is 1.05. The maximum Gasteiger partial charge on any atom is 0.260 e. The fraction of sp³-hybridized carbons (Fsp3) is 0.400. The molecule has 1 aromatic heterocycles. The second-order valence-electron chi connectivity index (χ2n) is 7.28. The number of hydrogen-bond donors (Lipinski definition) is 1. The highest BCUT2D eigenvalue weighted by molar-refractivity contribution is 6.30. The van der Waals surface area contributed by atoms with E-state index >= 15 is 0 Å². The van der Waals surface area contributed by atoms with Gasteiger partial charge in [0.25, 0.3) is 11.5 Å². The maximum atomic E-state index is 12.9. The van der Waals surface area contributed by atoms with Gasteiger partial charge >= 0.3 is 0 Å². The van der Waals surface area contributed by atoms with Gasteiger partial charge in [0.2, 0.25) is 0 Å². The van der Waals surface area contributed by atoms with Crippen molar-refractivity contribution in [2.45, 2.75) is 25.4 Å².